The predicted molar refractivity (Wildman–Crippen MR) is 83.3 cm³/mol. The number of halogens is 2. The van der Waals surface area contributed by atoms with Crippen LogP contribution < -0.4 is 5.73 Å². The van der Waals surface area contributed by atoms with Gasteiger partial charge in [0.15, 0.2) is 0 Å². The summed E-state index contributed by atoms with van der Waals surface area (Å²) in [4.78, 5) is 1.12. The Morgan fingerprint density at radius 1 is 1.15 bits per heavy atom. The largest absolute Gasteiger partial charge is 0.320 e. The molecule has 0 unspecified atom stereocenters. The lowest BCUT2D eigenvalue weighted by Gasteiger charge is -2.04. The quantitative estimate of drug-likeness (QED) is 0.683. The van der Waals surface area contributed by atoms with Crippen LogP contribution in [0, 0.1) is 17.7 Å². The van der Waals surface area contributed by atoms with E-state index in [0.29, 0.717) is 5.56 Å². The summed E-state index contributed by atoms with van der Waals surface area (Å²) in [5, 5.41) is 0.718. The first-order chi connectivity index (χ1) is 9.69. The fourth-order valence-electron chi connectivity index (χ4n) is 1.60. The monoisotopic (exact) mass is 305 g/mol. The molecule has 0 aliphatic heterocycles. The topological polar surface area (TPSA) is 26.0 Å². The Balaban J connectivity index is 2.08. The van der Waals surface area contributed by atoms with Crippen LogP contribution in [0.4, 0.5) is 4.39 Å². The van der Waals surface area contributed by atoms with Gasteiger partial charge in [-0.1, -0.05) is 29.5 Å². The summed E-state index contributed by atoms with van der Waals surface area (Å²) in [6, 6.07) is 12.6. The fourth-order valence-corrected chi connectivity index (χ4v) is 2.57. The van der Waals surface area contributed by atoms with Gasteiger partial charge in [-0.3, -0.25) is 0 Å². The van der Waals surface area contributed by atoms with E-state index in [1.54, 1.807) is 23.9 Å². The van der Waals surface area contributed by atoms with Crippen molar-refractivity contribution in [1.29, 1.82) is 0 Å². The SMILES string of the molecule is NCC#Cc1cc(CSc2ccc(Cl)cc2)ccc1F. The molecule has 2 aromatic rings. The lowest BCUT2D eigenvalue weighted by molar-refractivity contribution is 0.624. The van der Waals surface area contributed by atoms with Crippen LogP contribution in [0.3, 0.4) is 0 Å². The van der Waals surface area contributed by atoms with Gasteiger partial charge in [-0.2, -0.15) is 0 Å². The average Bonchev–Trinajstić information content (AvgIpc) is 2.46. The number of nitrogens with two attached hydrogens (primary N) is 1. The summed E-state index contributed by atoms with van der Waals surface area (Å²) >= 11 is 7.51. The van der Waals surface area contributed by atoms with E-state index >= 15 is 0 Å². The van der Waals surface area contributed by atoms with Gasteiger partial charge in [-0.05, 0) is 42.0 Å². The molecule has 1 nitrogen and oxygen atoms in total. The van der Waals surface area contributed by atoms with Gasteiger partial charge >= 0.3 is 0 Å². The molecule has 0 aromatic heterocycles. The minimum Gasteiger partial charge on any atom is -0.320 e. The van der Waals surface area contributed by atoms with Crippen molar-refractivity contribution >= 4 is 23.4 Å². The molecule has 0 radical (unpaired) electrons. The molecule has 0 aliphatic rings. The highest BCUT2D eigenvalue weighted by Gasteiger charge is 2.02. The normalized spacial score (nSPS) is 9.95. The van der Waals surface area contributed by atoms with Crippen LogP contribution in [0.1, 0.15) is 11.1 Å². The molecule has 20 heavy (non-hydrogen) atoms. The highest BCUT2D eigenvalue weighted by molar-refractivity contribution is 7.98. The van der Waals surface area contributed by atoms with Crippen LogP contribution in [0.2, 0.25) is 5.02 Å². The first kappa shape index (κ1) is 14.9. The van der Waals surface area contributed by atoms with Gasteiger partial charge in [0, 0.05) is 15.7 Å². The molecule has 0 saturated carbocycles. The standard InChI is InChI=1S/C16H13ClFNS/c17-14-4-6-15(7-5-14)20-11-12-3-8-16(18)13(10-12)2-1-9-19/h3-8,10H,9,11,19H2. The van der Waals surface area contributed by atoms with E-state index in [2.05, 4.69) is 11.8 Å². The molecule has 0 saturated heterocycles. The zero-order valence-electron chi connectivity index (χ0n) is 10.7. The molecule has 2 aromatic carbocycles. The van der Waals surface area contributed by atoms with E-state index in [-0.39, 0.29) is 12.4 Å². The van der Waals surface area contributed by atoms with Gasteiger partial charge in [0.2, 0.25) is 0 Å². The van der Waals surface area contributed by atoms with Crippen molar-refractivity contribution in [1.82, 2.24) is 0 Å². The number of thioether (sulfide) groups is 1. The van der Waals surface area contributed by atoms with Crippen molar-refractivity contribution in [3.63, 3.8) is 0 Å². The van der Waals surface area contributed by atoms with Crippen LogP contribution in [0.5, 0.6) is 0 Å². The molecule has 102 valence electrons. The summed E-state index contributed by atoms with van der Waals surface area (Å²) in [6.45, 7) is 0.225. The predicted octanol–water partition coefficient (Wildman–Crippen LogP) is 4.08. The summed E-state index contributed by atoms with van der Waals surface area (Å²) in [5.74, 6) is 5.85. The molecule has 0 spiro atoms. The summed E-state index contributed by atoms with van der Waals surface area (Å²) in [6.07, 6.45) is 0. The van der Waals surface area contributed by atoms with Gasteiger partial charge in [0.05, 0.1) is 12.1 Å². The maximum absolute atomic E-state index is 13.5. The Hall–Kier alpha value is -1.47. The van der Waals surface area contributed by atoms with Crippen LogP contribution in [-0.4, -0.2) is 6.54 Å². The van der Waals surface area contributed by atoms with Gasteiger partial charge in [-0.25, -0.2) is 4.39 Å². The third kappa shape index (κ3) is 4.28. The molecule has 2 rings (SSSR count). The fraction of sp³-hybridized carbons (Fsp3) is 0.125. The minimum atomic E-state index is -0.314. The minimum absolute atomic E-state index is 0.225. The van der Waals surface area contributed by atoms with E-state index in [1.807, 2.05) is 24.3 Å². The van der Waals surface area contributed by atoms with E-state index in [0.717, 1.165) is 21.2 Å². The van der Waals surface area contributed by atoms with E-state index in [4.69, 9.17) is 17.3 Å². The number of hydrogen-bond acceptors (Lipinski definition) is 2. The van der Waals surface area contributed by atoms with E-state index in [9.17, 15) is 4.39 Å². The highest BCUT2D eigenvalue weighted by atomic mass is 35.5. The Bertz CT molecular complexity index is 644. The van der Waals surface area contributed by atoms with Gasteiger partial charge in [0.1, 0.15) is 5.82 Å². The summed E-state index contributed by atoms with van der Waals surface area (Å²) in [5.41, 5.74) is 6.71. The zero-order valence-corrected chi connectivity index (χ0v) is 12.3. The molecule has 0 aliphatic carbocycles. The van der Waals surface area contributed by atoms with Crippen LogP contribution in [0.25, 0.3) is 0 Å². The summed E-state index contributed by atoms with van der Waals surface area (Å²) < 4.78 is 13.5. The molecule has 2 N–H and O–H groups in total. The highest BCUT2D eigenvalue weighted by Crippen LogP contribution is 2.24. The van der Waals surface area contributed by atoms with Crippen molar-refractivity contribution in [3.8, 4) is 11.8 Å². The maximum atomic E-state index is 13.5. The van der Waals surface area contributed by atoms with E-state index < -0.39 is 0 Å². The van der Waals surface area contributed by atoms with E-state index in [1.165, 1.54) is 6.07 Å². The molecule has 0 bridgehead atoms. The zero-order chi connectivity index (χ0) is 14.4. The van der Waals surface area contributed by atoms with Gasteiger partial charge in [-0.15, -0.1) is 11.8 Å². The number of benzene rings is 2. The third-order valence-corrected chi connectivity index (χ3v) is 3.91. The summed E-state index contributed by atoms with van der Waals surface area (Å²) in [7, 11) is 0. The van der Waals surface area contributed by atoms with Crippen LogP contribution in [-0.2, 0) is 5.75 Å². The molecular weight excluding hydrogens is 293 g/mol. The van der Waals surface area contributed by atoms with Gasteiger partial charge < -0.3 is 5.73 Å². The van der Waals surface area contributed by atoms with Gasteiger partial charge in [0.25, 0.3) is 0 Å². The molecule has 0 fully saturated rings. The van der Waals surface area contributed by atoms with Crippen molar-refractivity contribution in [2.24, 2.45) is 5.73 Å². The molecule has 4 heteroatoms. The maximum Gasteiger partial charge on any atom is 0.138 e. The lowest BCUT2D eigenvalue weighted by atomic mass is 10.1. The Labute approximate surface area is 127 Å². The second-order valence-electron chi connectivity index (χ2n) is 4.06. The van der Waals surface area contributed by atoms with Crippen molar-refractivity contribution in [3.05, 3.63) is 64.4 Å². The smallest absolute Gasteiger partial charge is 0.138 e. The molecule has 0 heterocycles. The first-order valence-electron chi connectivity index (χ1n) is 6.05. The second kappa shape index (κ2) is 7.35. The first-order valence-corrected chi connectivity index (χ1v) is 7.41. The molecule has 0 amide bonds. The van der Waals surface area contributed by atoms with Crippen LogP contribution >= 0.6 is 23.4 Å². The lowest BCUT2D eigenvalue weighted by Crippen LogP contribution is -1.94. The Morgan fingerprint density at radius 2 is 1.90 bits per heavy atom. The number of rotatable bonds is 3. The van der Waals surface area contributed by atoms with Crippen molar-refractivity contribution in [2.45, 2.75) is 10.6 Å². The van der Waals surface area contributed by atoms with Crippen molar-refractivity contribution in [2.75, 3.05) is 6.54 Å². The average molecular weight is 306 g/mol. The molecular formula is C16H13ClFNS. The molecule has 0 atom stereocenters. The Kier molecular flexibility index (Phi) is 5.49. The van der Waals surface area contributed by atoms with Crippen molar-refractivity contribution < 1.29 is 4.39 Å². The van der Waals surface area contributed by atoms with Crippen LogP contribution in [0.15, 0.2) is 47.4 Å². The number of hydrogen-bond donors (Lipinski definition) is 1. The second-order valence-corrected chi connectivity index (χ2v) is 5.55. The Morgan fingerprint density at radius 3 is 2.60 bits per heavy atom. The third-order valence-electron chi connectivity index (χ3n) is 2.58.